The Kier molecular flexibility index (Phi) is 6.27. The van der Waals surface area contributed by atoms with Crippen molar-refractivity contribution < 1.29 is 0 Å². The summed E-state index contributed by atoms with van der Waals surface area (Å²) in [6.07, 6.45) is 2.12. The highest BCUT2D eigenvalue weighted by atomic mass is 35.5. The molecule has 0 aliphatic heterocycles. The maximum atomic E-state index is 5.77. The van der Waals surface area contributed by atoms with E-state index < -0.39 is 0 Å². The zero-order valence-corrected chi connectivity index (χ0v) is 10.7. The first-order valence-corrected chi connectivity index (χ1v) is 6.45. The zero-order chi connectivity index (χ0) is 11.8. The van der Waals surface area contributed by atoms with Crippen LogP contribution in [-0.4, -0.2) is 25.5 Å². The summed E-state index contributed by atoms with van der Waals surface area (Å²) in [6, 6.07) is 8.70. The fraction of sp³-hybridized carbons (Fsp3) is 0.538. The Morgan fingerprint density at radius 1 is 1.25 bits per heavy atom. The first-order valence-electron chi connectivity index (χ1n) is 5.91. The molecule has 1 aromatic carbocycles. The molecule has 0 bridgehead atoms. The predicted octanol–water partition coefficient (Wildman–Crippen LogP) is 2.64. The van der Waals surface area contributed by atoms with Crippen LogP contribution in [0.4, 0.5) is 5.69 Å². The lowest BCUT2D eigenvalue weighted by Crippen LogP contribution is -2.24. The summed E-state index contributed by atoms with van der Waals surface area (Å²) in [7, 11) is 0. The van der Waals surface area contributed by atoms with Gasteiger partial charge in [0.25, 0.3) is 0 Å². The van der Waals surface area contributed by atoms with Crippen LogP contribution in [0.1, 0.15) is 18.9 Å². The van der Waals surface area contributed by atoms with Crippen molar-refractivity contribution in [1.29, 1.82) is 0 Å². The first-order chi connectivity index (χ1) is 7.81. The summed E-state index contributed by atoms with van der Waals surface area (Å²) in [5.41, 5.74) is 8.10. The largest absolute Gasteiger partial charge is 0.371 e. The first kappa shape index (κ1) is 13.3. The van der Waals surface area contributed by atoms with Crippen LogP contribution in [-0.2, 0) is 6.42 Å². The summed E-state index contributed by atoms with van der Waals surface area (Å²) in [5, 5.41) is 0. The average Bonchev–Trinajstić information content (AvgIpc) is 2.34. The Morgan fingerprint density at radius 3 is 2.44 bits per heavy atom. The normalized spacial score (nSPS) is 10.4. The molecule has 0 aliphatic rings. The second-order valence-corrected chi connectivity index (χ2v) is 4.21. The van der Waals surface area contributed by atoms with Gasteiger partial charge in [-0.2, -0.15) is 0 Å². The molecule has 0 spiro atoms. The molecule has 1 aromatic rings. The number of hydrogen-bond donors (Lipinski definition) is 1. The molecular formula is C13H21ClN2. The van der Waals surface area contributed by atoms with Crippen molar-refractivity contribution in [2.24, 2.45) is 5.73 Å². The number of nitrogens with two attached hydrogens (primary N) is 1. The fourth-order valence-corrected chi connectivity index (χ4v) is 1.96. The van der Waals surface area contributed by atoms with Crippen molar-refractivity contribution in [1.82, 2.24) is 0 Å². The lowest BCUT2D eigenvalue weighted by molar-refractivity contribution is 0.830. The summed E-state index contributed by atoms with van der Waals surface area (Å²) in [5.74, 6) is 0.669. The van der Waals surface area contributed by atoms with Crippen LogP contribution in [0.2, 0.25) is 0 Å². The molecule has 3 heteroatoms. The van der Waals surface area contributed by atoms with Crippen molar-refractivity contribution in [3.63, 3.8) is 0 Å². The third-order valence-electron chi connectivity index (χ3n) is 2.71. The minimum atomic E-state index is 0.669. The molecule has 0 fully saturated rings. The number of aryl methyl sites for hydroxylation is 1. The molecule has 2 N–H and O–H groups in total. The molecule has 90 valence electrons. The predicted molar refractivity (Wildman–Crippen MR) is 72.4 cm³/mol. The Balaban J connectivity index is 2.61. The molecular weight excluding hydrogens is 220 g/mol. The number of rotatable bonds is 7. The van der Waals surface area contributed by atoms with Gasteiger partial charge in [0.2, 0.25) is 0 Å². The summed E-state index contributed by atoms with van der Waals surface area (Å²) < 4.78 is 0. The van der Waals surface area contributed by atoms with Crippen LogP contribution >= 0.6 is 11.6 Å². The highest BCUT2D eigenvalue weighted by Crippen LogP contribution is 2.15. The molecule has 0 aromatic heterocycles. The molecule has 0 radical (unpaired) electrons. The van der Waals surface area contributed by atoms with Gasteiger partial charge in [-0.3, -0.25) is 0 Å². The van der Waals surface area contributed by atoms with Gasteiger partial charge in [-0.25, -0.2) is 0 Å². The van der Waals surface area contributed by atoms with E-state index in [1.165, 1.54) is 11.3 Å². The van der Waals surface area contributed by atoms with Gasteiger partial charge in [0.1, 0.15) is 0 Å². The highest BCUT2D eigenvalue weighted by Gasteiger charge is 2.02. The van der Waals surface area contributed by atoms with E-state index in [4.69, 9.17) is 17.3 Å². The highest BCUT2D eigenvalue weighted by molar-refractivity contribution is 6.18. The van der Waals surface area contributed by atoms with Crippen molar-refractivity contribution in [2.75, 3.05) is 30.4 Å². The summed E-state index contributed by atoms with van der Waals surface area (Å²) in [4.78, 5) is 2.28. The summed E-state index contributed by atoms with van der Waals surface area (Å²) in [6.45, 7) is 4.80. The fourth-order valence-electron chi connectivity index (χ4n) is 1.75. The van der Waals surface area contributed by atoms with Crippen LogP contribution in [0.5, 0.6) is 0 Å². The molecule has 0 saturated carbocycles. The molecule has 0 aliphatic carbocycles. The molecule has 0 unspecified atom stereocenters. The minimum Gasteiger partial charge on any atom is -0.371 e. The SMILES string of the molecule is CCN(CCCl)c1ccc(CCCN)cc1. The van der Waals surface area contributed by atoms with E-state index in [1.807, 2.05) is 0 Å². The van der Waals surface area contributed by atoms with E-state index in [2.05, 4.69) is 36.1 Å². The van der Waals surface area contributed by atoms with Gasteiger partial charge in [-0.15, -0.1) is 11.6 Å². The molecule has 16 heavy (non-hydrogen) atoms. The van der Waals surface area contributed by atoms with E-state index >= 15 is 0 Å². The second-order valence-electron chi connectivity index (χ2n) is 3.83. The van der Waals surface area contributed by atoms with Gasteiger partial charge in [0, 0.05) is 24.7 Å². The maximum absolute atomic E-state index is 5.77. The minimum absolute atomic E-state index is 0.669. The topological polar surface area (TPSA) is 29.3 Å². The molecule has 1 rings (SSSR count). The number of halogens is 1. The standard InChI is InChI=1S/C13H21ClN2/c1-2-16(11-9-14)13-7-5-12(6-8-13)4-3-10-15/h5-8H,2-4,9-11,15H2,1H3. The van der Waals surface area contributed by atoms with Gasteiger partial charge in [0.15, 0.2) is 0 Å². The van der Waals surface area contributed by atoms with E-state index in [1.54, 1.807) is 0 Å². The number of alkyl halides is 1. The van der Waals surface area contributed by atoms with Gasteiger partial charge in [-0.1, -0.05) is 12.1 Å². The Morgan fingerprint density at radius 2 is 1.94 bits per heavy atom. The van der Waals surface area contributed by atoms with Crippen LogP contribution < -0.4 is 10.6 Å². The third-order valence-corrected chi connectivity index (χ3v) is 2.88. The van der Waals surface area contributed by atoms with Crippen LogP contribution in [0.3, 0.4) is 0 Å². The number of benzene rings is 1. The van der Waals surface area contributed by atoms with Crippen LogP contribution in [0, 0.1) is 0 Å². The van der Waals surface area contributed by atoms with Gasteiger partial charge >= 0.3 is 0 Å². The zero-order valence-electron chi connectivity index (χ0n) is 9.95. The van der Waals surface area contributed by atoms with E-state index in [0.29, 0.717) is 5.88 Å². The quantitative estimate of drug-likeness (QED) is 0.743. The van der Waals surface area contributed by atoms with Crippen molar-refractivity contribution >= 4 is 17.3 Å². The third kappa shape index (κ3) is 4.03. The summed E-state index contributed by atoms with van der Waals surface area (Å²) >= 11 is 5.77. The average molecular weight is 241 g/mol. The van der Waals surface area contributed by atoms with Crippen molar-refractivity contribution in [3.8, 4) is 0 Å². The van der Waals surface area contributed by atoms with Crippen molar-refractivity contribution in [2.45, 2.75) is 19.8 Å². The Labute approximate surface area is 103 Å². The van der Waals surface area contributed by atoms with Crippen molar-refractivity contribution in [3.05, 3.63) is 29.8 Å². The Bertz CT molecular complexity index is 284. The van der Waals surface area contributed by atoms with E-state index in [9.17, 15) is 0 Å². The monoisotopic (exact) mass is 240 g/mol. The lowest BCUT2D eigenvalue weighted by Gasteiger charge is -2.22. The molecule has 2 nitrogen and oxygen atoms in total. The lowest BCUT2D eigenvalue weighted by atomic mass is 10.1. The molecule has 0 heterocycles. The molecule has 0 atom stereocenters. The number of nitrogens with zero attached hydrogens (tertiary/aromatic N) is 1. The van der Waals surface area contributed by atoms with Crippen LogP contribution in [0.15, 0.2) is 24.3 Å². The smallest absolute Gasteiger partial charge is 0.0399 e. The van der Waals surface area contributed by atoms with Gasteiger partial charge in [-0.05, 0) is 44.0 Å². The van der Waals surface area contributed by atoms with Gasteiger partial charge < -0.3 is 10.6 Å². The molecule has 0 amide bonds. The van der Waals surface area contributed by atoms with Gasteiger partial charge in [0.05, 0.1) is 0 Å². The number of anilines is 1. The molecule has 0 saturated heterocycles. The van der Waals surface area contributed by atoms with E-state index in [0.717, 1.165) is 32.5 Å². The second kappa shape index (κ2) is 7.53. The maximum Gasteiger partial charge on any atom is 0.0399 e. The number of hydrogen-bond acceptors (Lipinski definition) is 2. The van der Waals surface area contributed by atoms with E-state index in [-0.39, 0.29) is 0 Å². The Hall–Kier alpha value is -0.730. The van der Waals surface area contributed by atoms with Crippen LogP contribution in [0.25, 0.3) is 0 Å².